The van der Waals surface area contributed by atoms with Gasteiger partial charge in [0.2, 0.25) is 0 Å². The Hall–Kier alpha value is -1.64. The summed E-state index contributed by atoms with van der Waals surface area (Å²) in [6.45, 7) is 1.64. The maximum absolute atomic E-state index is 8.70. The van der Waals surface area contributed by atoms with Gasteiger partial charge in [-0.3, -0.25) is 0 Å². The lowest BCUT2D eigenvalue weighted by atomic mass is 10.2. The molecule has 0 saturated carbocycles. The van der Waals surface area contributed by atoms with Gasteiger partial charge in [-0.15, -0.1) is 0 Å². The van der Waals surface area contributed by atoms with Crippen molar-refractivity contribution >= 4 is 23.0 Å². The Morgan fingerprint density at radius 2 is 1.84 bits per heavy atom. The van der Waals surface area contributed by atoms with E-state index >= 15 is 0 Å². The Kier molecular flexibility index (Phi) is 7.56. The van der Waals surface area contributed by atoms with Crippen LogP contribution in [0.1, 0.15) is 31.2 Å². The first-order chi connectivity index (χ1) is 9.26. The molecule has 0 unspecified atom stereocenters. The molecule has 4 N–H and O–H groups in total. The summed E-state index contributed by atoms with van der Waals surface area (Å²) in [5, 5.41) is 15.6. The maximum Gasteiger partial charge on any atom is 0.170 e. The van der Waals surface area contributed by atoms with Crippen LogP contribution in [-0.2, 0) is 0 Å². The molecule has 19 heavy (non-hydrogen) atoms. The van der Waals surface area contributed by atoms with Gasteiger partial charge in [0, 0.05) is 12.2 Å². The number of unbranched alkanes of at least 4 members (excludes halogenated alkanes) is 3. The van der Waals surface area contributed by atoms with E-state index in [1.54, 1.807) is 12.1 Å². The van der Waals surface area contributed by atoms with E-state index in [0.29, 0.717) is 10.7 Å². The van der Waals surface area contributed by atoms with Crippen LogP contribution in [0.3, 0.4) is 0 Å². The summed E-state index contributed by atoms with van der Waals surface area (Å²) in [6, 6.07) is 9.29. The third-order valence-electron chi connectivity index (χ3n) is 2.69. The van der Waals surface area contributed by atoms with Crippen molar-refractivity contribution in [3.8, 4) is 6.07 Å². The molecule has 4 nitrogen and oxygen atoms in total. The van der Waals surface area contributed by atoms with Crippen molar-refractivity contribution in [1.29, 1.82) is 5.26 Å². The van der Waals surface area contributed by atoms with Gasteiger partial charge in [-0.25, -0.2) is 0 Å². The van der Waals surface area contributed by atoms with Gasteiger partial charge in [-0.05, 0) is 55.9 Å². The topological polar surface area (TPSA) is 73.9 Å². The number of anilines is 1. The Morgan fingerprint density at radius 1 is 1.16 bits per heavy atom. The molecule has 0 atom stereocenters. The zero-order valence-electron chi connectivity index (χ0n) is 11.0. The molecule has 102 valence electrons. The summed E-state index contributed by atoms with van der Waals surface area (Å²) in [5.41, 5.74) is 6.96. The van der Waals surface area contributed by atoms with Crippen LogP contribution in [0, 0.1) is 11.3 Å². The second kappa shape index (κ2) is 9.31. The molecule has 1 aromatic carbocycles. The van der Waals surface area contributed by atoms with Gasteiger partial charge in [-0.1, -0.05) is 12.8 Å². The molecule has 0 saturated heterocycles. The minimum Gasteiger partial charge on any atom is -0.362 e. The Bertz CT molecular complexity index is 422. The first kappa shape index (κ1) is 15.4. The highest BCUT2D eigenvalue weighted by atomic mass is 32.1. The fraction of sp³-hybridized carbons (Fsp3) is 0.429. The highest BCUT2D eigenvalue weighted by molar-refractivity contribution is 7.80. The predicted molar refractivity (Wildman–Crippen MR) is 82.9 cm³/mol. The molecule has 1 rings (SSSR count). The van der Waals surface area contributed by atoms with Crippen molar-refractivity contribution in [2.24, 2.45) is 5.73 Å². The first-order valence-electron chi connectivity index (χ1n) is 6.51. The van der Waals surface area contributed by atoms with Crippen molar-refractivity contribution in [1.82, 2.24) is 5.32 Å². The second-order valence-electron chi connectivity index (χ2n) is 4.27. The Balaban J connectivity index is 2.18. The fourth-order valence-electron chi connectivity index (χ4n) is 1.63. The predicted octanol–water partition coefficient (Wildman–Crippen LogP) is 2.36. The summed E-state index contributed by atoms with van der Waals surface area (Å²) in [7, 11) is 0. The smallest absolute Gasteiger partial charge is 0.170 e. The molecular weight excluding hydrogens is 256 g/mol. The highest BCUT2D eigenvalue weighted by Gasteiger charge is 1.97. The van der Waals surface area contributed by atoms with E-state index in [1.165, 1.54) is 12.8 Å². The van der Waals surface area contributed by atoms with Crippen LogP contribution in [0.5, 0.6) is 0 Å². The fourth-order valence-corrected chi connectivity index (χ4v) is 1.85. The van der Waals surface area contributed by atoms with E-state index in [0.717, 1.165) is 31.6 Å². The molecule has 0 bridgehead atoms. The number of thiocarbonyl (C=S) groups is 1. The molecule has 0 aliphatic heterocycles. The van der Waals surface area contributed by atoms with Crippen LogP contribution in [0.4, 0.5) is 5.69 Å². The van der Waals surface area contributed by atoms with Crippen LogP contribution in [-0.4, -0.2) is 18.2 Å². The summed E-state index contributed by atoms with van der Waals surface area (Å²) >= 11 is 5.19. The molecule has 0 spiro atoms. The zero-order valence-corrected chi connectivity index (χ0v) is 11.8. The largest absolute Gasteiger partial charge is 0.362 e. The third kappa shape index (κ3) is 6.75. The number of hydrogen-bond donors (Lipinski definition) is 3. The SMILES string of the molecule is N#Cc1ccc(NC(=S)NCCCCCCN)cc1. The zero-order chi connectivity index (χ0) is 13.9. The third-order valence-corrected chi connectivity index (χ3v) is 2.93. The summed E-state index contributed by atoms with van der Waals surface area (Å²) in [5.74, 6) is 0. The van der Waals surface area contributed by atoms with Crippen LogP contribution in [0.2, 0.25) is 0 Å². The maximum atomic E-state index is 8.70. The van der Waals surface area contributed by atoms with Gasteiger partial charge >= 0.3 is 0 Å². The molecule has 0 aliphatic carbocycles. The van der Waals surface area contributed by atoms with E-state index < -0.39 is 0 Å². The molecule has 0 aromatic heterocycles. The van der Waals surface area contributed by atoms with Crippen molar-refractivity contribution < 1.29 is 0 Å². The van der Waals surface area contributed by atoms with Crippen molar-refractivity contribution in [2.45, 2.75) is 25.7 Å². The van der Waals surface area contributed by atoms with Gasteiger partial charge in [0.25, 0.3) is 0 Å². The molecule has 5 heteroatoms. The highest BCUT2D eigenvalue weighted by Crippen LogP contribution is 2.08. The van der Waals surface area contributed by atoms with Gasteiger partial charge in [0.05, 0.1) is 11.6 Å². The van der Waals surface area contributed by atoms with Crippen LogP contribution >= 0.6 is 12.2 Å². The number of nitrogens with one attached hydrogen (secondary N) is 2. The number of nitrogens with two attached hydrogens (primary N) is 1. The molecule has 0 fully saturated rings. The minimum atomic E-state index is 0.614. The van der Waals surface area contributed by atoms with Crippen molar-refractivity contribution in [2.75, 3.05) is 18.4 Å². The lowest BCUT2D eigenvalue weighted by Crippen LogP contribution is -2.29. The quantitative estimate of drug-likeness (QED) is 0.526. The van der Waals surface area contributed by atoms with E-state index in [1.807, 2.05) is 12.1 Å². The van der Waals surface area contributed by atoms with Gasteiger partial charge in [0.15, 0.2) is 5.11 Å². The van der Waals surface area contributed by atoms with Crippen molar-refractivity contribution in [3.05, 3.63) is 29.8 Å². The van der Waals surface area contributed by atoms with Crippen LogP contribution in [0.15, 0.2) is 24.3 Å². The molecule has 0 heterocycles. The average molecular weight is 276 g/mol. The van der Waals surface area contributed by atoms with E-state index in [9.17, 15) is 0 Å². The molecule has 0 amide bonds. The van der Waals surface area contributed by atoms with E-state index in [2.05, 4.69) is 16.7 Å². The lowest BCUT2D eigenvalue weighted by molar-refractivity contribution is 0.638. The van der Waals surface area contributed by atoms with Crippen molar-refractivity contribution in [3.63, 3.8) is 0 Å². The van der Waals surface area contributed by atoms with E-state index in [4.69, 9.17) is 23.2 Å². The number of rotatable bonds is 7. The Morgan fingerprint density at radius 3 is 2.47 bits per heavy atom. The Labute approximate surface area is 120 Å². The number of benzene rings is 1. The number of nitrogens with zero attached hydrogens (tertiary/aromatic N) is 1. The summed E-state index contributed by atoms with van der Waals surface area (Å²) in [4.78, 5) is 0. The molecular formula is C14H20N4S. The monoisotopic (exact) mass is 276 g/mol. The first-order valence-corrected chi connectivity index (χ1v) is 6.92. The average Bonchev–Trinajstić information content (AvgIpc) is 2.43. The van der Waals surface area contributed by atoms with Gasteiger partial charge < -0.3 is 16.4 Å². The summed E-state index contributed by atoms with van der Waals surface area (Å²) < 4.78 is 0. The van der Waals surface area contributed by atoms with Crippen LogP contribution in [0.25, 0.3) is 0 Å². The molecule has 0 radical (unpaired) electrons. The second-order valence-corrected chi connectivity index (χ2v) is 4.68. The van der Waals surface area contributed by atoms with E-state index in [-0.39, 0.29) is 0 Å². The number of hydrogen-bond acceptors (Lipinski definition) is 3. The number of nitriles is 1. The lowest BCUT2D eigenvalue weighted by Gasteiger charge is -2.10. The van der Waals surface area contributed by atoms with Crippen LogP contribution < -0.4 is 16.4 Å². The molecule has 0 aliphatic rings. The standard InChI is InChI=1S/C14H20N4S/c15-9-3-1-2-4-10-17-14(19)18-13-7-5-12(11-16)6-8-13/h5-8H,1-4,9-10,15H2,(H2,17,18,19). The normalized spacial score (nSPS) is 9.68. The molecule has 1 aromatic rings. The van der Waals surface area contributed by atoms with Gasteiger partial charge in [-0.2, -0.15) is 5.26 Å². The summed E-state index contributed by atoms with van der Waals surface area (Å²) in [6.07, 6.45) is 4.53. The minimum absolute atomic E-state index is 0.614. The van der Waals surface area contributed by atoms with Gasteiger partial charge in [0.1, 0.15) is 0 Å².